The van der Waals surface area contributed by atoms with Gasteiger partial charge in [0.2, 0.25) is 11.5 Å². The maximum Gasteiger partial charge on any atom is 0.337 e. The molecule has 10 heteroatoms. The Labute approximate surface area is 111 Å². The van der Waals surface area contributed by atoms with Crippen molar-refractivity contribution in [2.24, 2.45) is 5.73 Å². The number of nitrogens with one attached hydrogen (secondary N) is 2. The summed E-state index contributed by atoms with van der Waals surface area (Å²) in [6, 6.07) is 7.54. The second-order valence-electron chi connectivity index (χ2n) is 3.90. The van der Waals surface area contributed by atoms with Crippen molar-refractivity contribution in [3.05, 3.63) is 30.0 Å². The molecule has 20 heavy (non-hydrogen) atoms. The number of para-hydroxylation sites is 1. The zero-order valence-electron chi connectivity index (χ0n) is 10.2. The average molecular weight is 275 g/mol. The van der Waals surface area contributed by atoms with Gasteiger partial charge in [-0.1, -0.05) is 22.5 Å². The van der Waals surface area contributed by atoms with Gasteiger partial charge >= 0.3 is 5.84 Å². The van der Waals surface area contributed by atoms with Gasteiger partial charge in [0, 0.05) is 0 Å². The van der Waals surface area contributed by atoms with E-state index in [4.69, 9.17) is 10.9 Å². The zero-order valence-corrected chi connectivity index (χ0v) is 10.2. The molecule has 0 atom stereocenters. The van der Waals surface area contributed by atoms with Crippen LogP contribution in [-0.4, -0.2) is 36.4 Å². The number of nitrogens with two attached hydrogens (primary N) is 1. The number of nitrogens with zero attached hydrogens (tertiary/aromatic N) is 5. The van der Waals surface area contributed by atoms with Gasteiger partial charge in [0.1, 0.15) is 12.2 Å². The molecule has 3 rings (SSSR count). The van der Waals surface area contributed by atoms with Gasteiger partial charge in [-0.15, -0.1) is 5.10 Å². The summed E-state index contributed by atoms with van der Waals surface area (Å²) >= 11 is 0. The fraction of sp³-hybridized carbons (Fsp3) is 0.100. The molecule has 5 N–H and O–H groups in total. The van der Waals surface area contributed by atoms with E-state index in [0.717, 1.165) is 11.0 Å². The van der Waals surface area contributed by atoms with E-state index in [1.165, 1.54) is 0 Å². The van der Waals surface area contributed by atoms with Crippen LogP contribution in [0.25, 0.3) is 11.0 Å². The standard InChI is InChI=1S/C10H10N8O2/c11-9(14-19)8-10(16-20-15-8)12-5-18-7-4-2-1-3-6(7)13-17-18/h1-4,19H,5H2,(H2,11,14)(H,12,16)/p+1. The minimum absolute atomic E-state index is 0.0720. The fourth-order valence-corrected chi connectivity index (χ4v) is 1.72. The summed E-state index contributed by atoms with van der Waals surface area (Å²) in [6.07, 6.45) is 0. The lowest BCUT2D eigenvalue weighted by Gasteiger charge is -2.03. The first-order valence-corrected chi connectivity index (χ1v) is 5.67. The maximum absolute atomic E-state index is 8.75. The number of aromatic nitrogens is 5. The summed E-state index contributed by atoms with van der Waals surface area (Å²) in [5.41, 5.74) is 7.33. The SMILES string of the molecule is N/C(=[NH+]\O)c1nonc1NCn1nnc2ccccc21. The summed E-state index contributed by atoms with van der Waals surface area (Å²) in [6.45, 7) is 0.292. The highest BCUT2D eigenvalue weighted by molar-refractivity contribution is 5.95. The minimum Gasteiger partial charge on any atom is -0.357 e. The van der Waals surface area contributed by atoms with Crippen molar-refractivity contribution in [2.45, 2.75) is 6.67 Å². The minimum atomic E-state index is -0.0720. The normalized spacial score (nSPS) is 11.9. The van der Waals surface area contributed by atoms with Crippen LogP contribution in [0, 0.1) is 0 Å². The average Bonchev–Trinajstić information content (AvgIpc) is 3.11. The molecule has 2 aromatic heterocycles. The quantitative estimate of drug-likeness (QED) is 0.186. The van der Waals surface area contributed by atoms with E-state index >= 15 is 0 Å². The number of hydrogen-bond donors (Lipinski definition) is 4. The highest BCUT2D eigenvalue weighted by Gasteiger charge is 2.18. The topological polar surface area (TPSA) is 142 Å². The Bertz CT molecular complexity index is 761. The van der Waals surface area contributed by atoms with E-state index in [0.29, 0.717) is 6.67 Å². The van der Waals surface area contributed by atoms with E-state index in [1.807, 2.05) is 24.3 Å². The van der Waals surface area contributed by atoms with E-state index in [2.05, 4.69) is 30.6 Å². The van der Waals surface area contributed by atoms with Gasteiger partial charge in [0.05, 0.1) is 5.52 Å². The molecule has 3 aromatic rings. The molecule has 0 aliphatic carbocycles. The smallest absolute Gasteiger partial charge is 0.337 e. The lowest BCUT2D eigenvalue weighted by molar-refractivity contribution is -0.737. The van der Waals surface area contributed by atoms with Crippen LogP contribution in [0.2, 0.25) is 0 Å². The van der Waals surface area contributed by atoms with Crippen molar-refractivity contribution in [1.82, 2.24) is 25.3 Å². The molecule has 0 aliphatic rings. The van der Waals surface area contributed by atoms with Crippen LogP contribution < -0.4 is 16.2 Å². The molecule has 0 saturated carbocycles. The molecule has 102 valence electrons. The highest BCUT2D eigenvalue weighted by atomic mass is 16.6. The van der Waals surface area contributed by atoms with Gasteiger partial charge < -0.3 is 10.5 Å². The van der Waals surface area contributed by atoms with E-state index in [9.17, 15) is 0 Å². The van der Waals surface area contributed by atoms with Crippen molar-refractivity contribution in [2.75, 3.05) is 5.32 Å². The third-order valence-corrected chi connectivity index (χ3v) is 2.68. The number of hydrogen-bond acceptors (Lipinski definition) is 7. The van der Waals surface area contributed by atoms with E-state index in [1.54, 1.807) is 9.84 Å². The second-order valence-corrected chi connectivity index (χ2v) is 3.90. The highest BCUT2D eigenvalue weighted by Crippen LogP contribution is 2.11. The van der Waals surface area contributed by atoms with Gasteiger partial charge in [-0.3, -0.25) is 5.73 Å². The fourth-order valence-electron chi connectivity index (χ4n) is 1.72. The van der Waals surface area contributed by atoms with Crippen LogP contribution in [0.1, 0.15) is 5.69 Å². The van der Waals surface area contributed by atoms with Crippen molar-refractivity contribution < 1.29 is 15.0 Å². The predicted octanol–water partition coefficient (Wildman–Crippen LogP) is -1.94. The van der Waals surface area contributed by atoms with Crippen molar-refractivity contribution in [3.63, 3.8) is 0 Å². The summed E-state index contributed by atoms with van der Waals surface area (Å²) < 4.78 is 6.22. The predicted molar refractivity (Wildman–Crippen MR) is 66.5 cm³/mol. The summed E-state index contributed by atoms with van der Waals surface area (Å²) in [4.78, 5) is 0. The van der Waals surface area contributed by atoms with Crippen molar-refractivity contribution in [3.8, 4) is 0 Å². The van der Waals surface area contributed by atoms with Gasteiger partial charge in [-0.25, -0.2) is 9.31 Å². The third-order valence-electron chi connectivity index (χ3n) is 2.68. The Morgan fingerprint density at radius 3 is 3.10 bits per heavy atom. The largest absolute Gasteiger partial charge is 0.357 e. The molecule has 0 saturated heterocycles. The van der Waals surface area contributed by atoms with Gasteiger partial charge in [-0.2, -0.15) is 0 Å². The van der Waals surface area contributed by atoms with Gasteiger partial charge in [-0.05, 0) is 22.4 Å². The number of anilines is 1. The Balaban J connectivity index is 1.82. The molecule has 2 heterocycles. The molecule has 0 amide bonds. The third kappa shape index (κ3) is 1.98. The Morgan fingerprint density at radius 1 is 1.40 bits per heavy atom. The summed E-state index contributed by atoms with van der Waals surface area (Å²) in [5, 5.41) is 28.7. The Morgan fingerprint density at radius 2 is 2.25 bits per heavy atom. The first-order chi connectivity index (χ1) is 9.79. The first-order valence-electron chi connectivity index (χ1n) is 5.67. The van der Waals surface area contributed by atoms with Crippen molar-refractivity contribution in [1.29, 1.82) is 0 Å². The summed E-state index contributed by atoms with van der Waals surface area (Å²) in [5.74, 6) is 0.209. The molecule has 0 spiro atoms. The Kier molecular flexibility index (Phi) is 2.88. The number of benzene rings is 1. The lowest BCUT2D eigenvalue weighted by atomic mass is 10.3. The zero-order chi connectivity index (χ0) is 13.9. The summed E-state index contributed by atoms with van der Waals surface area (Å²) in [7, 11) is 0. The molecular weight excluding hydrogens is 264 g/mol. The van der Waals surface area contributed by atoms with Crippen LogP contribution >= 0.6 is 0 Å². The lowest BCUT2D eigenvalue weighted by Crippen LogP contribution is -2.72. The molecular formula is C10H11N8O2+. The second kappa shape index (κ2) is 4.84. The molecule has 0 aliphatic heterocycles. The molecule has 0 fully saturated rings. The van der Waals surface area contributed by atoms with Gasteiger partial charge in [0.15, 0.2) is 0 Å². The van der Waals surface area contributed by atoms with Crippen LogP contribution in [0.5, 0.6) is 0 Å². The van der Waals surface area contributed by atoms with Crippen LogP contribution in [0.15, 0.2) is 28.9 Å². The van der Waals surface area contributed by atoms with E-state index < -0.39 is 0 Å². The van der Waals surface area contributed by atoms with Crippen LogP contribution in [0.3, 0.4) is 0 Å². The molecule has 0 radical (unpaired) electrons. The monoisotopic (exact) mass is 275 g/mol. The molecule has 0 bridgehead atoms. The van der Waals surface area contributed by atoms with E-state index in [-0.39, 0.29) is 17.3 Å². The van der Waals surface area contributed by atoms with Crippen LogP contribution in [-0.2, 0) is 6.67 Å². The number of fused-ring (bicyclic) bond motifs is 1. The number of amidine groups is 1. The number of rotatable bonds is 4. The maximum atomic E-state index is 8.75. The first kappa shape index (κ1) is 11.9. The molecule has 1 aromatic carbocycles. The molecule has 0 unspecified atom stereocenters. The molecule has 10 nitrogen and oxygen atoms in total. The van der Waals surface area contributed by atoms with Gasteiger partial charge in [0.25, 0.3) is 0 Å². The Hall–Kier alpha value is -3.17. The number of nitrogen functional groups attached to an aromatic ring is 1. The van der Waals surface area contributed by atoms with Crippen LogP contribution in [0.4, 0.5) is 5.82 Å². The van der Waals surface area contributed by atoms with Crippen molar-refractivity contribution >= 4 is 22.7 Å².